The van der Waals surface area contributed by atoms with Gasteiger partial charge in [0.1, 0.15) is 0 Å². The van der Waals surface area contributed by atoms with Gasteiger partial charge in [-0.2, -0.15) is 0 Å². The number of rotatable bonds is 4. The first kappa shape index (κ1) is 12.8. The Balaban J connectivity index is 2.73. The molecule has 0 radical (unpaired) electrons. The Kier molecular flexibility index (Phi) is 4.85. The van der Waals surface area contributed by atoms with Crippen molar-refractivity contribution < 1.29 is 0 Å². The van der Waals surface area contributed by atoms with Gasteiger partial charge in [-0.1, -0.05) is 54.4 Å². The van der Waals surface area contributed by atoms with E-state index in [0.717, 1.165) is 5.92 Å². The van der Waals surface area contributed by atoms with Gasteiger partial charge in [0.2, 0.25) is 0 Å². The highest BCUT2D eigenvalue weighted by molar-refractivity contribution is 9.09. The Morgan fingerprint density at radius 2 is 1.87 bits per heavy atom. The third-order valence-electron chi connectivity index (χ3n) is 3.20. The molecule has 0 aliphatic heterocycles. The van der Waals surface area contributed by atoms with Gasteiger partial charge in [0.15, 0.2) is 0 Å². The van der Waals surface area contributed by atoms with E-state index in [1.165, 1.54) is 29.5 Å². The van der Waals surface area contributed by atoms with Gasteiger partial charge in [-0.15, -0.1) is 0 Å². The normalized spacial score (nSPS) is 15.0. The molecule has 1 aromatic rings. The van der Waals surface area contributed by atoms with Crippen LogP contribution in [0.2, 0.25) is 0 Å². The van der Waals surface area contributed by atoms with Crippen LogP contribution < -0.4 is 0 Å². The van der Waals surface area contributed by atoms with Crippen LogP contribution in [0.4, 0.5) is 0 Å². The minimum atomic E-state index is 0.506. The second-order valence-corrected chi connectivity index (χ2v) is 5.67. The summed E-state index contributed by atoms with van der Waals surface area (Å²) >= 11 is 3.79. The molecule has 0 heterocycles. The Labute approximate surface area is 102 Å². The van der Waals surface area contributed by atoms with Crippen LogP contribution in [0.25, 0.3) is 0 Å². The molecule has 0 amide bonds. The zero-order valence-corrected chi connectivity index (χ0v) is 11.8. The standard InChI is InChI=1S/C14H21Br/c1-5-10(2)8-14(15)13-7-6-11(3)12(4)9-13/h6-7,9-10,14H,5,8H2,1-4H3. The zero-order valence-electron chi connectivity index (χ0n) is 10.2. The van der Waals surface area contributed by atoms with Crippen LogP contribution in [-0.4, -0.2) is 0 Å². The van der Waals surface area contributed by atoms with Crippen molar-refractivity contribution >= 4 is 15.9 Å². The van der Waals surface area contributed by atoms with Crippen molar-refractivity contribution in [3.63, 3.8) is 0 Å². The summed E-state index contributed by atoms with van der Waals surface area (Å²) in [5, 5.41) is 0. The first-order chi connectivity index (χ1) is 7.04. The van der Waals surface area contributed by atoms with Crippen molar-refractivity contribution in [2.75, 3.05) is 0 Å². The van der Waals surface area contributed by atoms with Crippen molar-refractivity contribution in [2.45, 2.75) is 45.4 Å². The first-order valence-electron chi connectivity index (χ1n) is 5.75. The van der Waals surface area contributed by atoms with E-state index in [2.05, 4.69) is 61.8 Å². The SMILES string of the molecule is CCC(C)CC(Br)c1ccc(C)c(C)c1. The Morgan fingerprint density at radius 3 is 2.40 bits per heavy atom. The molecule has 1 rings (SSSR count). The zero-order chi connectivity index (χ0) is 11.4. The number of alkyl halides is 1. The molecule has 0 saturated carbocycles. The Morgan fingerprint density at radius 1 is 1.20 bits per heavy atom. The monoisotopic (exact) mass is 268 g/mol. The second kappa shape index (κ2) is 5.69. The van der Waals surface area contributed by atoms with E-state index >= 15 is 0 Å². The van der Waals surface area contributed by atoms with Crippen LogP contribution >= 0.6 is 15.9 Å². The lowest BCUT2D eigenvalue weighted by molar-refractivity contribution is 0.514. The van der Waals surface area contributed by atoms with E-state index in [1.807, 2.05) is 0 Å². The third kappa shape index (κ3) is 3.64. The highest BCUT2D eigenvalue weighted by Crippen LogP contribution is 2.31. The fourth-order valence-electron chi connectivity index (χ4n) is 1.62. The lowest BCUT2D eigenvalue weighted by atomic mass is 9.97. The number of hydrogen-bond donors (Lipinski definition) is 0. The number of aryl methyl sites for hydroxylation is 2. The van der Waals surface area contributed by atoms with E-state index < -0.39 is 0 Å². The molecule has 84 valence electrons. The van der Waals surface area contributed by atoms with Crippen LogP contribution in [0.3, 0.4) is 0 Å². The van der Waals surface area contributed by atoms with E-state index in [0.29, 0.717) is 4.83 Å². The van der Waals surface area contributed by atoms with Gasteiger partial charge >= 0.3 is 0 Å². The van der Waals surface area contributed by atoms with Crippen LogP contribution in [0.15, 0.2) is 18.2 Å². The summed E-state index contributed by atoms with van der Waals surface area (Å²) in [6.07, 6.45) is 2.48. The minimum Gasteiger partial charge on any atom is -0.0839 e. The maximum absolute atomic E-state index is 3.79. The molecule has 0 fully saturated rings. The van der Waals surface area contributed by atoms with Gasteiger partial charge < -0.3 is 0 Å². The average molecular weight is 269 g/mol. The summed E-state index contributed by atoms with van der Waals surface area (Å²) in [6, 6.07) is 6.76. The molecule has 0 aromatic heterocycles. The van der Waals surface area contributed by atoms with Crippen LogP contribution in [0, 0.1) is 19.8 Å². The molecule has 2 unspecified atom stereocenters. The van der Waals surface area contributed by atoms with Gasteiger partial charge in [0.25, 0.3) is 0 Å². The summed E-state index contributed by atoms with van der Waals surface area (Å²) in [5.74, 6) is 0.788. The number of hydrogen-bond acceptors (Lipinski definition) is 0. The van der Waals surface area contributed by atoms with Crippen molar-refractivity contribution in [2.24, 2.45) is 5.92 Å². The second-order valence-electron chi connectivity index (χ2n) is 4.56. The van der Waals surface area contributed by atoms with Gasteiger partial charge in [-0.25, -0.2) is 0 Å². The number of halogens is 1. The van der Waals surface area contributed by atoms with Crippen molar-refractivity contribution in [3.05, 3.63) is 34.9 Å². The van der Waals surface area contributed by atoms with E-state index in [-0.39, 0.29) is 0 Å². The van der Waals surface area contributed by atoms with E-state index in [4.69, 9.17) is 0 Å². The molecule has 15 heavy (non-hydrogen) atoms. The van der Waals surface area contributed by atoms with Gasteiger partial charge in [-0.3, -0.25) is 0 Å². The lowest BCUT2D eigenvalue weighted by Gasteiger charge is -2.15. The van der Waals surface area contributed by atoms with Crippen molar-refractivity contribution in [3.8, 4) is 0 Å². The molecule has 0 spiro atoms. The Bertz CT molecular complexity index is 317. The fourth-order valence-corrected chi connectivity index (χ4v) is 2.54. The highest BCUT2D eigenvalue weighted by atomic mass is 79.9. The Hall–Kier alpha value is -0.300. The van der Waals surface area contributed by atoms with Gasteiger partial charge in [0.05, 0.1) is 0 Å². The maximum Gasteiger partial charge on any atom is 0.0397 e. The molecule has 0 N–H and O–H groups in total. The van der Waals surface area contributed by atoms with E-state index in [1.54, 1.807) is 0 Å². The summed E-state index contributed by atoms with van der Waals surface area (Å²) in [4.78, 5) is 0.506. The van der Waals surface area contributed by atoms with Gasteiger partial charge in [0, 0.05) is 4.83 Å². The summed E-state index contributed by atoms with van der Waals surface area (Å²) in [7, 11) is 0. The molecule has 0 saturated heterocycles. The maximum atomic E-state index is 3.79. The summed E-state index contributed by atoms with van der Waals surface area (Å²) < 4.78 is 0. The van der Waals surface area contributed by atoms with Gasteiger partial charge in [-0.05, 0) is 42.9 Å². The van der Waals surface area contributed by atoms with Crippen LogP contribution in [0.5, 0.6) is 0 Å². The molecule has 0 aliphatic rings. The van der Waals surface area contributed by atoms with Crippen molar-refractivity contribution in [1.82, 2.24) is 0 Å². The molecular weight excluding hydrogens is 248 g/mol. The summed E-state index contributed by atoms with van der Waals surface area (Å²) in [5.41, 5.74) is 4.18. The molecular formula is C14H21Br. The predicted octanol–water partition coefficient (Wildman–Crippen LogP) is 5.18. The minimum absolute atomic E-state index is 0.506. The summed E-state index contributed by atoms with van der Waals surface area (Å²) in [6.45, 7) is 8.92. The molecule has 0 aliphatic carbocycles. The quantitative estimate of drug-likeness (QED) is 0.661. The number of benzene rings is 1. The largest absolute Gasteiger partial charge is 0.0839 e. The smallest absolute Gasteiger partial charge is 0.0397 e. The molecule has 1 aromatic carbocycles. The molecule has 2 atom stereocenters. The fraction of sp³-hybridized carbons (Fsp3) is 0.571. The molecule has 0 nitrogen and oxygen atoms in total. The lowest BCUT2D eigenvalue weighted by Crippen LogP contribution is -1.99. The van der Waals surface area contributed by atoms with Crippen LogP contribution in [-0.2, 0) is 0 Å². The third-order valence-corrected chi connectivity index (χ3v) is 4.10. The molecule has 0 bridgehead atoms. The van der Waals surface area contributed by atoms with Crippen LogP contribution in [0.1, 0.15) is 48.2 Å². The topological polar surface area (TPSA) is 0 Å². The first-order valence-corrected chi connectivity index (χ1v) is 6.67. The molecule has 1 heteroatoms. The van der Waals surface area contributed by atoms with Crippen molar-refractivity contribution in [1.29, 1.82) is 0 Å². The van der Waals surface area contributed by atoms with E-state index in [9.17, 15) is 0 Å². The predicted molar refractivity (Wildman–Crippen MR) is 71.7 cm³/mol. The highest BCUT2D eigenvalue weighted by Gasteiger charge is 2.11. The average Bonchev–Trinajstić information content (AvgIpc) is 2.21.